The number of nitrogen functional groups attached to an aromatic ring is 1. The molecule has 0 radical (unpaired) electrons. The molecule has 0 atom stereocenters. The second-order valence-corrected chi connectivity index (χ2v) is 4.94. The summed E-state index contributed by atoms with van der Waals surface area (Å²) in [6.45, 7) is 4.06. The van der Waals surface area contributed by atoms with Crippen LogP contribution in [0.25, 0.3) is 17.0 Å². The van der Waals surface area contributed by atoms with Crippen LogP contribution in [0.3, 0.4) is 0 Å². The fourth-order valence-corrected chi connectivity index (χ4v) is 2.52. The maximum absolute atomic E-state index is 5.69. The summed E-state index contributed by atoms with van der Waals surface area (Å²) in [5, 5.41) is 2.55. The maximum atomic E-state index is 5.69. The molecule has 17 heavy (non-hydrogen) atoms. The summed E-state index contributed by atoms with van der Waals surface area (Å²) in [5.74, 6) is 0. The molecule has 0 fully saturated rings. The highest BCUT2D eigenvalue weighted by Gasteiger charge is 2.13. The molecule has 0 saturated heterocycles. The van der Waals surface area contributed by atoms with Gasteiger partial charge in [0, 0.05) is 11.6 Å². The van der Waals surface area contributed by atoms with E-state index in [4.69, 9.17) is 5.73 Å². The van der Waals surface area contributed by atoms with Crippen LogP contribution in [0.1, 0.15) is 11.3 Å². The van der Waals surface area contributed by atoms with Crippen LogP contribution in [0.2, 0.25) is 0 Å². The zero-order valence-electron chi connectivity index (χ0n) is 9.64. The van der Waals surface area contributed by atoms with Gasteiger partial charge in [0.2, 0.25) is 0 Å². The van der Waals surface area contributed by atoms with Gasteiger partial charge >= 0.3 is 0 Å². The van der Waals surface area contributed by atoms with E-state index in [1.807, 2.05) is 18.4 Å². The highest BCUT2D eigenvalue weighted by Crippen LogP contribution is 2.27. The number of hydrogen-bond acceptors (Lipinski definition) is 4. The second kappa shape index (κ2) is 3.56. The predicted molar refractivity (Wildman–Crippen MR) is 70.2 cm³/mol. The molecule has 5 heteroatoms. The Morgan fingerprint density at radius 3 is 2.76 bits per heavy atom. The van der Waals surface area contributed by atoms with E-state index in [9.17, 15) is 0 Å². The molecule has 3 rings (SSSR count). The van der Waals surface area contributed by atoms with Gasteiger partial charge in [-0.1, -0.05) is 6.07 Å². The average Bonchev–Trinajstić information content (AvgIpc) is 2.81. The first-order chi connectivity index (χ1) is 8.15. The molecule has 4 nitrogen and oxygen atoms in total. The first-order valence-electron chi connectivity index (χ1n) is 5.32. The summed E-state index contributed by atoms with van der Waals surface area (Å²) in [4.78, 5) is 8.86. The van der Waals surface area contributed by atoms with Crippen molar-refractivity contribution in [3.8, 4) is 11.4 Å². The third-order valence-corrected chi connectivity index (χ3v) is 3.38. The van der Waals surface area contributed by atoms with Gasteiger partial charge in [0.15, 0.2) is 5.13 Å². The Bertz CT molecular complexity index is 696. The van der Waals surface area contributed by atoms with Gasteiger partial charge in [-0.05, 0) is 25.5 Å². The van der Waals surface area contributed by atoms with Crippen molar-refractivity contribution in [2.75, 3.05) is 5.73 Å². The number of imidazole rings is 1. The summed E-state index contributed by atoms with van der Waals surface area (Å²) >= 11 is 1.45. The van der Waals surface area contributed by atoms with Crippen molar-refractivity contribution in [1.29, 1.82) is 0 Å². The highest BCUT2D eigenvalue weighted by atomic mass is 32.1. The lowest BCUT2D eigenvalue weighted by Crippen LogP contribution is -1.91. The quantitative estimate of drug-likeness (QED) is 0.716. The number of nitrogens with two attached hydrogens (primary N) is 1. The van der Waals surface area contributed by atoms with E-state index in [1.165, 1.54) is 16.9 Å². The number of hydrogen-bond donors (Lipinski definition) is 1. The van der Waals surface area contributed by atoms with Gasteiger partial charge in [0.25, 0.3) is 0 Å². The maximum Gasteiger partial charge on any atom is 0.180 e. The molecular formula is C12H12N4S. The molecule has 0 spiro atoms. The van der Waals surface area contributed by atoms with E-state index in [2.05, 4.69) is 33.6 Å². The number of anilines is 1. The molecule has 0 unspecified atom stereocenters. The Morgan fingerprint density at radius 1 is 1.24 bits per heavy atom. The Labute approximate surface area is 103 Å². The summed E-state index contributed by atoms with van der Waals surface area (Å²) in [5.41, 5.74) is 10.7. The fraction of sp³-hybridized carbons (Fsp3) is 0.167. The summed E-state index contributed by atoms with van der Waals surface area (Å²) < 4.78 is 2.07. The van der Waals surface area contributed by atoms with Crippen LogP contribution < -0.4 is 5.73 Å². The Kier molecular flexibility index (Phi) is 2.16. The molecule has 86 valence electrons. The smallest absolute Gasteiger partial charge is 0.180 e. The van der Waals surface area contributed by atoms with E-state index in [-0.39, 0.29) is 0 Å². The molecule has 0 bridgehead atoms. The van der Waals surface area contributed by atoms with Gasteiger partial charge < -0.3 is 5.73 Å². The van der Waals surface area contributed by atoms with Crippen LogP contribution in [0.5, 0.6) is 0 Å². The molecular weight excluding hydrogens is 232 g/mol. The molecule has 3 heterocycles. The summed E-state index contributed by atoms with van der Waals surface area (Å²) in [6.07, 6.45) is 2.07. The first kappa shape index (κ1) is 10.3. The normalized spacial score (nSPS) is 11.2. The fourth-order valence-electron chi connectivity index (χ4n) is 1.97. The number of aryl methyl sites for hydroxylation is 2. The van der Waals surface area contributed by atoms with Crippen molar-refractivity contribution >= 4 is 22.1 Å². The molecule has 3 aromatic heterocycles. The van der Waals surface area contributed by atoms with Crippen molar-refractivity contribution < 1.29 is 0 Å². The van der Waals surface area contributed by atoms with E-state index in [1.54, 1.807) is 0 Å². The molecule has 0 aliphatic rings. The molecule has 0 amide bonds. The van der Waals surface area contributed by atoms with E-state index in [0.717, 1.165) is 22.7 Å². The molecule has 0 aliphatic carbocycles. The minimum atomic E-state index is 0.585. The monoisotopic (exact) mass is 244 g/mol. The molecule has 0 aliphatic heterocycles. The number of thiazole rings is 1. The lowest BCUT2D eigenvalue weighted by Gasteiger charge is -2.00. The van der Waals surface area contributed by atoms with Gasteiger partial charge in [-0.15, -0.1) is 11.3 Å². The van der Waals surface area contributed by atoms with E-state index < -0.39 is 0 Å². The summed E-state index contributed by atoms with van der Waals surface area (Å²) in [7, 11) is 0. The zero-order chi connectivity index (χ0) is 12.0. The molecule has 2 N–H and O–H groups in total. The van der Waals surface area contributed by atoms with Crippen molar-refractivity contribution in [2.45, 2.75) is 13.8 Å². The third kappa shape index (κ3) is 1.59. The Hall–Kier alpha value is -1.88. The number of rotatable bonds is 1. The second-order valence-electron chi connectivity index (χ2n) is 4.05. The van der Waals surface area contributed by atoms with E-state index in [0.29, 0.717) is 5.13 Å². The third-order valence-electron chi connectivity index (χ3n) is 2.71. The van der Waals surface area contributed by atoms with Crippen LogP contribution in [-0.2, 0) is 0 Å². The zero-order valence-corrected chi connectivity index (χ0v) is 10.5. The van der Waals surface area contributed by atoms with Crippen LogP contribution in [-0.4, -0.2) is 14.4 Å². The van der Waals surface area contributed by atoms with Gasteiger partial charge in [0.05, 0.1) is 11.4 Å². The number of fused-ring (bicyclic) bond motifs is 1. The number of nitrogens with zero attached hydrogens (tertiary/aromatic N) is 3. The van der Waals surface area contributed by atoms with Crippen LogP contribution >= 0.6 is 11.3 Å². The van der Waals surface area contributed by atoms with Crippen molar-refractivity contribution in [2.24, 2.45) is 0 Å². The highest BCUT2D eigenvalue weighted by molar-refractivity contribution is 7.13. The SMILES string of the molecule is Cc1ccc2nc(C)c(-c3csc(N)n3)n2c1. The van der Waals surface area contributed by atoms with Gasteiger partial charge in [-0.2, -0.15) is 0 Å². The molecule has 0 aromatic carbocycles. The molecule has 0 saturated carbocycles. The number of pyridine rings is 1. The van der Waals surface area contributed by atoms with Crippen molar-refractivity contribution in [3.05, 3.63) is 35.0 Å². The minimum Gasteiger partial charge on any atom is -0.375 e. The topological polar surface area (TPSA) is 56.2 Å². The lowest BCUT2D eigenvalue weighted by atomic mass is 10.2. The predicted octanol–water partition coefficient (Wildman–Crippen LogP) is 2.66. The van der Waals surface area contributed by atoms with E-state index >= 15 is 0 Å². The lowest BCUT2D eigenvalue weighted by molar-refractivity contribution is 1.15. The Morgan fingerprint density at radius 2 is 2.06 bits per heavy atom. The Balaban J connectivity index is 2.34. The van der Waals surface area contributed by atoms with Gasteiger partial charge in [-0.3, -0.25) is 4.40 Å². The molecule has 3 aromatic rings. The standard InChI is InChI=1S/C12H12N4S/c1-7-3-4-10-14-8(2)11(16(10)5-7)9-6-17-12(13)15-9/h3-6H,1-2H3,(H2,13,15). The van der Waals surface area contributed by atoms with Gasteiger partial charge in [-0.25, -0.2) is 9.97 Å². The first-order valence-corrected chi connectivity index (χ1v) is 6.20. The number of aromatic nitrogens is 3. The van der Waals surface area contributed by atoms with Crippen LogP contribution in [0, 0.1) is 13.8 Å². The van der Waals surface area contributed by atoms with Crippen LogP contribution in [0.15, 0.2) is 23.7 Å². The van der Waals surface area contributed by atoms with Crippen LogP contribution in [0.4, 0.5) is 5.13 Å². The van der Waals surface area contributed by atoms with Crippen molar-refractivity contribution in [3.63, 3.8) is 0 Å². The minimum absolute atomic E-state index is 0.585. The van der Waals surface area contributed by atoms with Gasteiger partial charge in [0.1, 0.15) is 11.3 Å². The summed E-state index contributed by atoms with van der Waals surface area (Å²) in [6, 6.07) is 4.07. The average molecular weight is 244 g/mol. The van der Waals surface area contributed by atoms with Crippen molar-refractivity contribution in [1.82, 2.24) is 14.4 Å². The largest absolute Gasteiger partial charge is 0.375 e.